The van der Waals surface area contributed by atoms with Crippen LogP contribution in [0, 0.1) is 5.82 Å². The van der Waals surface area contributed by atoms with Gasteiger partial charge in [-0.2, -0.15) is 0 Å². The number of halogens is 2. The molecule has 0 aliphatic heterocycles. The summed E-state index contributed by atoms with van der Waals surface area (Å²) < 4.78 is 20.1. The monoisotopic (exact) mass is 353 g/mol. The zero-order valence-electron chi connectivity index (χ0n) is 11.6. The summed E-state index contributed by atoms with van der Waals surface area (Å²) in [7, 11) is 1.73. The molecule has 1 atom stereocenters. The molecule has 0 saturated carbocycles. The maximum atomic E-state index is 14.1. The van der Waals surface area contributed by atoms with Crippen molar-refractivity contribution in [3.63, 3.8) is 0 Å². The smallest absolute Gasteiger partial charge is 0.169 e. The number of aliphatic hydroxyl groups excluding tert-OH is 1. The van der Waals surface area contributed by atoms with Gasteiger partial charge >= 0.3 is 0 Å². The standard InChI is InChI=1S/C16H17BrFNO2/c1-19-9-15(20)12-7-13(17)16(14(18)8-12)21-10-11-5-3-2-4-6-11/h2-8,15,19-20H,9-10H2,1H3. The molecule has 0 saturated heterocycles. The molecule has 0 bridgehead atoms. The Morgan fingerprint density at radius 3 is 2.62 bits per heavy atom. The van der Waals surface area contributed by atoms with Crippen LogP contribution in [0.4, 0.5) is 4.39 Å². The van der Waals surface area contributed by atoms with E-state index in [0.717, 1.165) is 5.56 Å². The number of ether oxygens (including phenoxy) is 1. The molecule has 2 aromatic rings. The van der Waals surface area contributed by atoms with Crippen molar-refractivity contribution in [1.82, 2.24) is 5.32 Å². The summed E-state index contributed by atoms with van der Waals surface area (Å²) in [5.74, 6) is -0.343. The quantitative estimate of drug-likeness (QED) is 0.835. The number of benzene rings is 2. The molecule has 21 heavy (non-hydrogen) atoms. The highest BCUT2D eigenvalue weighted by Crippen LogP contribution is 2.32. The van der Waals surface area contributed by atoms with E-state index in [1.807, 2.05) is 30.3 Å². The Morgan fingerprint density at radius 2 is 2.00 bits per heavy atom. The van der Waals surface area contributed by atoms with Gasteiger partial charge in [-0.3, -0.25) is 0 Å². The second-order valence-electron chi connectivity index (χ2n) is 4.66. The fourth-order valence-electron chi connectivity index (χ4n) is 1.95. The molecule has 0 fully saturated rings. The lowest BCUT2D eigenvalue weighted by Gasteiger charge is -2.14. The van der Waals surface area contributed by atoms with Gasteiger partial charge in [0.25, 0.3) is 0 Å². The number of likely N-dealkylation sites (N-methyl/N-ethyl adjacent to an activating group) is 1. The van der Waals surface area contributed by atoms with Crippen LogP contribution in [0.1, 0.15) is 17.2 Å². The van der Waals surface area contributed by atoms with E-state index in [4.69, 9.17) is 4.74 Å². The van der Waals surface area contributed by atoms with E-state index in [1.54, 1.807) is 13.1 Å². The third-order valence-corrected chi connectivity index (χ3v) is 3.62. The summed E-state index contributed by atoms with van der Waals surface area (Å²) in [6.07, 6.45) is -0.760. The number of aliphatic hydroxyl groups is 1. The molecule has 2 aromatic carbocycles. The van der Waals surface area contributed by atoms with Crippen LogP contribution in [0.25, 0.3) is 0 Å². The largest absolute Gasteiger partial charge is 0.485 e. The lowest BCUT2D eigenvalue weighted by atomic mass is 10.1. The maximum Gasteiger partial charge on any atom is 0.169 e. The van der Waals surface area contributed by atoms with Gasteiger partial charge in [-0.15, -0.1) is 0 Å². The lowest BCUT2D eigenvalue weighted by molar-refractivity contribution is 0.177. The first-order chi connectivity index (χ1) is 10.1. The van der Waals surface area contributed by atoms with Crippen LogP contribution >= 0.6 is 15.9 Å². The van der Waals surface area contributed by atoms with Crippen molar-refractivity contribution in [3.8, 4) is 5.75 Å². The van der Waals surface area contributed by atoms with Crippen molar-refractivity contribution in [2.45, 2.75) is 12.7 Å². The Hall–Kier alpha value is -1.43. The van der Waals surface area contributed by atoms with Gasteiger partial charge in [0.2, 0.25) is 0 Å². The van der Waals surface area contributed by atoms with E-state index in [-0.39, 0.29) is 12.4 Å². The third-order valence-electron chi connectivity index (χ3n) is 3.03. The number of hydrogen-bond donors (Lipinski definition) is 2. The van der Waals surface area contributed by atoms with Crippen molar-refractivity contribution in [1.29, 1.82) is 0 Å². The van der Waals surface area contributed by atoms with Crippen LogP contribution in [0.3, 0.4) is 0 Å². The highest BCUT2D eigenvalue weighted by molar-refractivity contribution is 9.10. The van der Waals surface area contributed by atoms with E-state index in [9.17, 15) is 9.50 Å². The molecular formula is C16H17BrFNO2. The van der Waals surface area contributed by atoms with Crippen LogP contribution < -0.4 is 10.1 Å². The summed E-state index contributed by atoms with van der Waals surface area (Å²) in [4.78, 5) is 0. The predicted octanol–water partition coefficient (Wildman–Crippen LogP) is 3.42. The van der Waals surface area contributed by atoms with E-state index in [0.29, 0.717) is 16.6 Å². The zero-order valence-corrected chi connectivity index (χ0v) is 13.2. The van der Waals surface area contributed by atoms with Crippen LogP contribution in [0.5, 0.6) is 5.75 Å². The second kappa shape index (κ2) is 7.54. The van der Waals surface area contributed by atoms with Gasteiger partial charge in [-0.1, -0.05) is 30.3 Å². The minimum Gasteiger partial charge on any atom is -0.485 e. The molecule has 112 valence electrons. The van der Waals surface area contributed by atoms with E-state index in [1.165, 1.54) is 6.07 Å². The van der Waals surface area contributed by atoms with Gasteiger partial charge in [-0.25, -0.2) is 4.39 Å². The highest BCUT2D eigenvalue weighted by Gasteiger charge is 2.15. The molecule has 0 heterocycles. The Kier molecular flexibility index (Phi) is 5.73. The van der Waals surface area contributed by atoms with Gasteiger partial charge in [0.05, 0.1) is 10.6 Å². The lowest BCUT2D eigenvalue weighted by Crippen LogP contribution is -2.17. The third kappa shape index (κ3) is 4.27. The molecule has 0 radical (unpaired) electrons. The molecule has 0 amide bonds. The molecule has 0 aliphatic carbocycles. The topological polar surface area (TPSA) is 41.5 Å². The zero-order chi connectivity index (χ0) is 15.2. The van der Waals surface area contributed by atoms with Crippen molar-refractivity contribution in [2.24, 2.45) is 0 Å². The van der Waals surface area contributed by atoms with Gasteiger partial charge in [-0.05, 0) is 46.2 Å². The fourth-order valence-corrected chi connectivity index (χ4v) is 2.52. The van der Waals surface area contributed by atoms with E-state index < -0.39 is 11.9 Å². The van der Waals surface area contributed by atoms with Crippen molar-refractivity contribution in [2.75, 3.05) is 13.6 Å². The molecule has 2 rings (SSSR count). The van der Waals surface area contributed by atoms with Crippen molar-refractivity contribution in [3.05, 3.63) is 63.9 Å². The van der Waals surface area contributed by atoms with Crippen molar-refractivity contribution >= 4 is 15.9 Å². The summed E-state index contributed by atoms with van der Waals surface area (Å²) in [5.41, 5.74) is 1.46. The summed E-state index contributed by atoms with van der Waals surface area (Å²) >= 11 is 3.29. The van der Waals surface area contributed by atoms with Gasteiger partial charge < -0.3 is 15.2 Å². The first-order valence-electron chi connectivity index (χ1n) is 6.60. The highest BCUT2D eigenvalue weighted by atomic mass is 79.9. The van der Waals surface area contributed by atoms with Crippen molar-refractivity contribution < 1.29 is 14.2 Å². The van der Waals surface area contributed by atoms with Gasteiger partial charge in [0.15, 0.2) is 11.6 Å². The number of nitrogens with one attached hydrogen (secondary N) is 1. The molecule has 1 unspecified atom stereocenters. The van der Waals surface area contributed by atoms with Crippen LogP contribution in [-0.2, 0) is 6.61 Å². The Balaban J connectivity index is 2.13. The maximum absolute atomic E-state index is 14.1. The van der Waals surface area contributed by atoms with Gasteiger partial charge in [0, 0.05) is 6.54 Å². The van der Waals surface area contributed by atoms with Crippen LogP contribution in [0.2, 0.25) is 0 Å². The normalized spacial score (nSPS) is 12.2. The fraction of sp³-hybridized carbons (Fsp3) is 0.250. The first-order valence-corrected chi connectivity index (χ1v) is 7.39. The van der Waals surface area contributed by atoms with E-state index >= 15 is 0 Å². The molecule has 0 aromatic heterocycles. The SMILES string of the molecule is CNCC(O)c1cc(F)c(OCc2ccccc2)c(Br)c1. The Bertz CT molecular complexity index is 569. The Labute approximate surface area is 131 Å². The number of hydrogen-bond acceptors (Lipinski definition) is 3. The molecule has 2 N–H and O–H groups in total. The molecule has 3 nitrogen and oxygen atoms in total. The first kappa shape index (κ1) is 15.9. The molecular weight excluding hydrogens is 337 g/mol. The second-order valence-corrected chi connectivity index (χ2v) is 5.52. The summed E-state index contributed by atoms with van der Waals surface area (Å²) in [6, 6.07) is 12.5. The van der Waals surface area contributed by atoms with Gasteiger partial charge in [0.1, 0.15) is 6.61 Å². The molecule has 0 aliphatic rings. The molecule has 0 spiro atoms. The van der Waals surface area contributed by atoms with E-state index in [2.05, 4.69) is 21.2 Å². The predicted molar refractivity (Wildman–Crippen MR) is 83.8 cm³/mol. The minimum atomic E-state index is -0.760. The average Bonchev–Trinajstić information content (AvgIpc) is 2.47. The summed E-state index contributed by atoms with van der Waals surface area (Å²) in [6.45, 7) is 0.644. The summed E-state index contributed by atoms with van der Waals surface area (Å²) in [5, 5.41) is 12.7. The Morgan fingerprint density at radius 1 is 1.29 bits per heavy atom. The number of rotatable bonds is 6. The van der Waals surface area contributed by atoms with Crippen LogP contribution in [0.15, 0.2) is 46.9 Å². The average molecular weight is 354 g/mol. The molecule has 5 heteroatoms. The van der Waals surface area contributed by atoms with Crippen LogP contribution in [-0.4, -0.2) is 18.7 Å². The minimum absolute atomic E-state index is 0.152.